The lowest BCUT2D eigenvalue weighted by atomic mass is 9.85. The van der Waals surface area contributed by atoms with Gasteiger partial charge in [-0.1, -0.05) is 20.3 Å². The van der Waals surface area contributed by atoms with Crippen molar-refractivity contribution in [3.05, 3.63) is 34.1 Å². The third-order valence-corrected chi connectivity index (χ3v) is 4.04. The number of benzene rings is 1. The highest BCUT2D eigenvalue weighted by molar-refractivity contribution is 5.52. The average Bonchev–Trinajstić information content (AvgIpc) is 2.50. The summed E-state index contributed by atoms with van der Waals surface area (Å²) in [7, 11) is 0. The van der Waals surface area contributed by atoms with Gasteiger partial charge in [-0.05, 0) is 37.2 Å². The topological polar surface area (TPSA) is 55.2 Å². The minimum absolute atomic E-state index is 0.207. The van der Waals surface area contributed by atoms with Crippen LogP contribution >= 0.6 is 0 Å². The van der Waals surface area contributed by atoms with E-state index in [0.29, 0.717) is 11.1 Å². The van der Waals surface area contributed by atoms with Crippen molar-refractivity contribution in [3.8, 4) is 0 Å². The van der Waals surface area contributed by atoms with Crippen molar-refractivity contribution in [1.82, 2.24) is 0 Å². The van der Waals surface area contributed by atoms with E-state index >= 15 is 0 Å². The second kappa shape index (κ2) is 5.77. The molecular formula is C15H21FN2O2. The van der Waals surface area contributed by atoms with Crippen LogP contribution < -0.4 is 5.32 Å². The van der Waals surface area contributed by atoms with Gasteiger partial charge >= 0.3 is 0 Å². The van der Waals surface area contributed by atoms with Crippen LogP contribution in [0.4, 0.5) is 15.8 Å². The maximum Gasteiger partial charge on any atom is 0.274 e. The average molecular weight is 280 g/mol. The Kier molecular flexibility index (Phi) is 4.26. The van der Waals surface area contributed by atoms with Crippen LogP contribution in [0.25, 0.3) is 0 Å². The summed E-state index contributed by atoms with van der Waals surface area (Å²) in [4.78, 5) is 10.2. The van der Waals surface area contributed by atoms with Crippen molar-refractivity contribution in [2.45, 2.75) is 52.0 Å². The number of hydrogen-bond donors (Lipinski definition) is 1. The Labute approximate surface area is 118 Å². The Hall–Kier alpha value is -1.65. The van der Waals surface area contributed by atoms with Gasteiger partial charge in [0.2, 0.25) is 0 Å². The van der Waals surface area contributed by atoms with Gasteiger partial charge in [-0.2, -0.15) is 0 Å². The molecule has 110 valence electrons. The fraction of sp³-hybridized carbons (Fsp3) is 0.600. The summed E-state index contributed by atoms with van der Waals surface area (Å²) in [5.74, 6) is -0.573. The second-order valence-corrected chi connectivity index (χ2v) is 6.39. The number of hydrogen-bond acceptors (Lipinski definition) is 3. The molecule has 1 aromatic rings. The fourth-order valence-corrected chi connectivity index (χ4v) is 2.80. The minimum Gasteiger partial charge on any atom is -0.382 e. The van der Waals surface area contributed by atoms with Gasteiger partial charge in [0.15, 0.2) is 0 Å². The number of nitro benzene ring substituents is 1. The molecule has 1 saturated carbocycles. The zero-order chi connectivity index (χ0) is 14.8. The van der Waals surface area contributed by atoms with Gasteiger partial charge in [0.05, 0.1) is 11.0 Å². The quantitative estimate of drug-likeness (QED) is 0.503. The molecule has 4 nitrogen and oxygen atoms in total. The van der Waals surface area contributed by atoms with Gasteiger partial charge in [0.1, 0.15) is 5.82 Å². The van der Waals surface area contributed by atoms with Crippen LogP contribution in [-0.2, 0) is 0 Å². The number of halogens is 1. The predicted molar refractivity (Wildman–Crippen MR) is 77.3 cm³/mol. The third-order valence-electron chi connectivity index (χ3n) is 4.04. The number of nitrogens with one attached hydrogen (secondary N) is 1. The minimum atomic E-state index is -0.573. The van der Waals surface area contributed by atoms with Gasteiger partial charge in [-0.15, -0.1) is 0 Å². The molecule has 0 aliphatic heterocycles. The largest absolute Gasteiger partial charge is 0.382 e. The zero-order valence-corrected chi connectivity index (χ0v) is 12.0. The summed E-state index contributed by atoms with van der Waals surface area (Å²) in [5, 5.41) is 14.0. The Morgan fingerprint density at radius 1 is 1.30 bits per heavy atom. The van der Waals surface area contributed by atoms with Gasteiger partial charge in [-0.3, -0.25) is 10.1 Å². The van der Waals surface area contributed by atoms with Gasteiger partial charge in [-0.25, -0.2) is 4.39 Å². The smallest absolute Gasteiger partial charge is 0.274 e. The van der Waals surface area contributed by atoms with Crippen molar-refractivity contribution in [3.63, 3.8) is 0 Å². The molecule has 5 heteroatoms. The first-order valence-electron chi connectivity index (χ1n) is 7.07. The normalized spacial score (nSPS) is 22.1. The summed E-state index contributed by atoms with van der Waals surface area (Å²) in [6.07, 6.45) is 5.46. The summed E-state index contributed by atoms with van der Waals surface area (Å²) in [5.41, 5.74) is 0.646. The Morgan fingerprint density at radius 2 is 2.05 bits per heavy atom. The molecule has 0 heterocycles. The molecule has 0 saturated heterocycles. The number of rotatable bonds is 3. The van der Waals surface area contributed by atoms with E-state index in [1.54, 1.807) is 0 Å². The number of nitrogens with zero attached hydrogens (tertiary/aromatic N) is 1. The number of nitro groups is 1. The summed E-state index contributed by atoms with van der Waals surface area (Å²) in [6, 6.07) is 3.93. The van der Waals surface area contributed by atoms with E-state index in [1.807, 2.05) is 0 Å². The maximum absolute atomic E-state index is 13.4. The maximum atomic E-state index is 13.4. The zero-order valence-electron chi connectivity index (χ0n) is 12.0. The number of anilines is 1. The second-order valence-electron chi connectivity index (χ2n) is 6.39. The first kappa shape index (κ1) is 14.8. The van der Waals surface area contributed by atoms with Crippen LogP contribution in [0.1, 0.15) is 46.0 Å². The van der Waals surface area contributed by atoms with E-state index in [-0.39, 0.29) is 11.7 Å². The highest BCUT2D eigenvalue weighted by atomic mass is 19.1. The van der Waals surface area contributed by atoms with Gasteiger partial charge in [0, 0.05) is 17.8 Å². The predicted octanol–water partition coefficient (Wildman–Crippen LogP) is 4.50. The molecule has 20 heavy (non-hydrogen) atoms. The van der Waals surface area contributed by atoms with E-state index in [1.165, 1.54) is 18.6 Å². The van der Waals surface area contributed by atoms with Crippen LogP contribution in [0.3, 0.4) is 0 Å². The van der Waals surface area contributed by atoms with E-state index < -0.39 is 10.7 Å². The Bertz CT molecular complexity index is 503. The number of non-ortho nitro benzene ring substituents is 1. The van der Waals surface area contributed by atoms with E-state index in [9.17, 15) is 14.5 Å². The van der Waals surface area contributed by atoms with Crippen LogP contribution in [-0.4, -0.2) is 11.0 Å². The van der Waals surface area contributed by atoms with Crippen molar-refractivity contribution >= 4 is 11.4 Å². The highest BCUT2D eigenvalue weighted by Crippen LogP contribution is 2.35. The van der Waals surface area contributed by atoms with Gasteiger partial charge in [0.25, 0.3) is 5.69 Å². The fourth-order valence-electron chi connectivity index (χ4n) is 2.80. The molecule has 1 fully saturated rings. The highest BCUT2D eigenvalue weighted by Gasteiger charge is 2.24. The molecule has 1 unspecified atom stereocenters. The van der Waals surface area contributed by atoms with E-state index in [0.717, 1.165) is 31.7 Å². The van der Waals surface area contributed by atoms with Gasteiger partial charge < -0.3 is 5.32 Å². The molecule has 1 atom stereocenters. The molecule has 0 bridgehead atoms. The lowest BCUT2D eigenvalue weighted by Crippen LogP contribution is -2.19. The summed E-state index contributed by atoms with van der Waals surface area (Å²) in [6.45, 7) is 4.53. The van der Waals surface area contributed by atoms with Crippen molar-refractivity contribution in [2.75, 3.05) is 5.32 Å². The monoisotopic (exact) mass is 280 g/mol. The lowest BCUT2D eigenvalue weighted by molar-refractivity contribution is -0.385. The third kappa shape index (κ3) is 3.92. The molecule has 0 amide bonds. The Morgan fingerprint density at radius 3 is 2.75 bits per heavy atom. The molecule has 1 aliphatic carbocycles. The first-order chi connectivity index (χ1) is 9.35. The summed E-state index contributed by atoms with van der Waals surface area (Å²) < 4.78 is 13.4. The van der Waals surface area contributed by atoms with Crippen LogP contribution in [0, 0.1) is 21.3 Å². The first-order valence-corrected chi connectivity index (χ1v) is 7.07. The molecular weight excluding hydrogens is 259 g/mol. The SMILES string of the molecule is CC1(C)CCCC(Nc2cc(F)cc([N+](=O)[O-])c2)CC1. The molecule has 0 aromatic heterocycles. The van der Waals surface area contributed by atoms with E-state index in [2.05, 4.69) is 19.2 Å². The molecule has 1 N–H and O–H groups in total. The molecule has 1 aliphatic rings. The standard InChI is InChI=1S/C15H21FN2O2/c1-15(2)6-3-4-12(5-7-15)17-13-8-11(16)9-14(10-13)18(19)20/h8-10,12,17H,3-7H2,1-2H3. The molecule has 0 spiro atoms. The molecule has 2 rings (SSSR count). The van der Waals surface area contributed by atoms with Crippen LogP contribution in [0.15, 0.2) is 18.2 Å². The Balaban J connectivity index is 2.08. The molecule has 0 radical (unpaired) electrons. The molecule has 1 aromatic carbocycles. The van der Waals surface area contributed by atoms with Crippen molar-refractivity contribution in [2.24, 2.45) is 5.41 Å². The van der Waals surface area contributed by atoms with Crippen molar-refractivity contribution < 1.29 is 9.31 Å². The summed E-state index contributed by atoms with van der Waals surface area (Å²) >= 11 is 0. The van der Waals surface area contributed by atoms with Crippen molar-refractivity contribution in [1.29, 1.82) is 0 Å². The van der Waals surface area contributed by atoms with E-state index in [4.69, 9.17) is 0 Å². The lowest BCUT2D eigenvalue weighted by Gasteiger charge is -2.22. The van der Waals surface area contributed by atoms with Crippen LogP contribution in [0.5, 0.6) is 0 Å². The van der Waals surface area contributed by atoms with Crippen LogP contribution in [0.2, 0.25) is 0 Å².